The van der Waals surface area contributed by atoms with Crippen LogP contribution >= 0.6 is 24.8 Å². The molecule has 2 saturated heterocycles. The summed E-state index contributed by atoms with van der Waals surface area (Å²) in [5.41, 5.74) is 0. The van der Waals surface area contributed by atoms with Crippen LogP contribution < -0.4 is 10.6 Å². The molecule has 2 rings (SSSR count). The molecule has 0 aromatic heterocycles. The summed E-state index contributed by atoms with van der Waals surface area (Å²) in [6.07, 6.45) is 4.56. The number of hydrogen-bond donors (Lipinski definition) is 2. The third kappa shape index (κ3) is 7.52. The fourth-order valence-electron chi connectivity index (χ4n) is 2.87. The van der Waals surface area contributed by atoms with Crippen LogP contribution in [0, 0.1) is 0 Å². The second-order valence-corrected chi connectivity index (χ2v) is 5.75. The number of carbonyl (C=O) groups is 2. The summed E-state index contributed by atoms with van der Waals surface area (Å²) in [4.78, 5) is 27.8. The Morgan fingerprint density at radius 1 is 1.22 bits per heavy atom. The molecule has 2 N–H and O–H groups in total. The normalized spacial score (nSPS) is 21.0. The molecular formula is C15H28Cl2N4O2. The molecule has 2 heterocycles. The van der Waals surface area contributed by atoms with Crippen LogP contribution in [0.15, 0.2) is 12.7 Å². The lowest BCUT2D eigenvalue weighted by Crippen LogP contribution is -2.51. The number of piperazine rings is 1. The highest BCUT2D eigenvalue weighted by atomic mass is 35.5. The molecule has 0 saturated carbocycles. The largest absolute Gasteiger partial charge is 0.352 e. The van der Waals surface area contributed by atoms with Gasteiger partial charge in [-0.1, -0.05) is 6.08 Å². The summed E-state index contributed by atoms with van der Waals surface area (Å²) in [5.74, 6) is 0.259. The van der Waals surface area contributed by atoms with E-state index in [2.05, 4.69) is 22.1 Å². The average Bonchev–Trinajstić information content (AvgIpc) is 2.98. The molecule has 0 aromatic rings. The lowest BCUT2D eigenvalue weighted by Gasteiger charge is -2.34. The lowest BCUT2D eigenvalue weighted by molar-refractivity contribution is -0.133. The van der Waals surface area contributed by atoms with Crippen molar-refractivity contribution in [2.45, 2.75) is 25.3 Å². The minimum Gasteiger partial charge on any atom is -0.352 e. The Labute approximate surface area is 150 Å². The van der Waals surface area contributed by atoms with Gasteiger partial charge in [0.1, 0.15) is 0 Å². The Morgan fingerprint density at radius 2 is 1.91 bits per heavy atom. The zero-order chi connectivity index (χ0) is 15.1. The van der Waals surface area contributed by atoms with E-state index in [9.17, 15) is 9.59 Å². The molecule has 2 fully saturated rings. The molecule has 0 bridgehead atoms. The Kier molecular flexibility index (Phi) is 11.3. The molecule has 0 radical (unpaired) electrons. The maximum atomic E-state index is 12.2. The topological polar surface area (TPSA) is 64.7 Å². The van der Waals surface area contributed by atoms with E-state index in [-0.39, 0.29) is 36.6 Å². The van der Waals surface area contributed by atoms with E-state index in [1.807, 2.05) is 4.90 Å². The highest BCUT2D eigenvalue weighted by molar-refractivity contribution is 5.85. The summed E-state index contributed by atoms with van der Waals surface area (Å²) in [7, 11) is 0. The first-order valence-electron chi connectivity index (χ1n) is 7.80. The number of nitrogens with zero attached hydrogens (tertiary/aromatic N) is 2. The first kappa shape index (κ1) is 22.2. The Morgan fingerprint density at radius 3 is 2.48 bits per heavy atom. The number of nitrogens with one attached hydrogen (secondary N) is 2. The van der Waals surface area contributed by atoms with Gasteiger partial charge in [0.2, 0.25) is 11.8 Å². The zero-order valence-corrected chi connectivity index (χ0v) is 15.1. The third-order valence-electron chi connectivity index (χ3n) is 4.12. The molecule has 23 heavy (non-hydrogen) atoms. The lowest BCUT2D eigenvalue weighted by atomic mass is 10.1. The molecular weight excluding hydrogens is 339 g/mol. The van der Waals surface area contributed by atoms with Crippen molar-refractivity contribution >= 4 is 36.6 Å². The molecule has 2 aliphatic heterocycles. The summed E-state index contributed by atoms with van der Waals surface area (Å²) in [6, 6.07) is 0.361. The van der Waals surface area contributed by atoms with Crippen LogP contribution in [0.4, 0.5) is 0 Å². The first-order chi connectivity index (χ1) is 10.2. The second-order valence-electron chi connectivity index (χ2n) is 5.75. The van der Waals surface area contributed by atoms with Crippen molar-refractivity contribution in [3.8, 4) is 0 Å². The molecule has 2 aliphatic rings. The van der Waals surface area contributed by atoms with E-state index in [1.165, 1.54) is 6.42 Å². The van der Waals surface area contributed by atoms with E-state index in [4.69, 9.17) is 0 Å². The van der Waals surface area contributed by atoms with E-state index >= 15 is 0 Å². The van der Waals surface area contributed by atoms with Crippen LogP contribution in [0.5, 0.6) is 0 Å². The van der Waals surface area contributed by atoms with Crippen LogP contribution in [0.1, 0.15) is 19.3 Å². The van der Waals surface area contributed by atoms with E-state index in [0.29, 0.717) is 25.6 Å². The van der Waals surface area contributed by atoms with E-state index < -0.39 is 0 Å². The van der Waals surface area contributed by atoms with E-state index in [0.717, 1.165) is 39.1 Å². The van der Waals surface area contributed by atoms with Crippen molar-refractivity contribution in [2.24, 2.45) is 0 Å². The molecule has 1 unspecified atom stereocenters. The number of rotatable bonds is 6. The monoisotopic (exact) mass is 366 g/mol. The van der Waals surface area contributed by atoms with Crippen molar-refractivity contribution in [1.82, 2.24) is 20.4 Å². The van der Waals surface area contributed by atoms with E-state index in [1.54, 1.807) is 6.08 Å². The van der Waals surface area contributed by atoms with Crippen LogP contribution in [-0.4, -0.2) is 73.5 Å². The van der Waals surface area contributed by atoms with Crippen molar-refractivity contribution in [3.05, 3.63) is 12.7 Å². The maximum absolute atomic E-state index is 12.2. The van der Waals surface area contributed by atoms with Gasteiger partial charge in [0.25, 0.3) is 0 Å². The molecule has 0 aliphatic carbocycles. The Hall–Kier alpha value is -0.820. The molecule has 8 heteroatoms. The molecule has 134 valence electrons. The van der Waals surface area contributed by atoms with Crippen molar-refractivity contribution < 1.29 is 9.59 Å². The first-order valence-corrected chi connectivity index (χ1v) is 7.80. The highest BCUT2D eigenvalue weighted by Crippen LogP contribution is 2.12. The molecule has 1 atom stereocenters. The predicted octanol–water partition coefficient (Wildman–Crippen LogP) is 0.419. The van der Waals surface area contributed by atoms with Gasteiger partial charge in [-0.2, -0.15) is 0 Å². The summed E-state index contributed by atoms with van der Waals surface area (Å²) >= 11 is 0. The number of amides is 2. The van der Waals surface area contributed by atoms with Gasteiger partial charge in [-0.05, 0) is 19.4 Å². The molecule has 0 spiro atoms. The second kappa shape index (κ2) is 11.7. The van der Waals surface area contributed by atoms with Crippen molar-refractivity contribution in [3.63, 3.8) is 0 Å². The predicted molar refractivity (Wildman–Crippen MR) is 96.4 cm³/mol. The summed E-state index contributed by atoms with van der Waals surface area (Å²) < 4.78 is 0. The van der Waals surface area contributed by atoms with Crippen LogP contribution in [0.2, 0.25) is 0 Å². The number of carbonyl (C=O) groups excluding carboxylic acids is 2. The molecule has 6 nitrogen and oxygen atoms in total. The third-order valence-corrected chi connectivity index (χ3v) is 4.12. The van der Waals surface area contributed by atoms with Gasteiger partial charge < -0.3 is 15.5 Å². The standard InChI is InChI=1S/C15H26N4O2.2ClH/c1-2-5-17-14(20)12-18-7-9-19(10-8-18)15(21)11-13-4-3-6-16-13;;/h2,13,16H,1,3-12H2,(H,17,20);2*1H. The number of hydrogen-bond acceptors (Lipinski definition) is 4. The smallest absolute Gasteiger partial charge is 0.234 e. The SMILES string of the molecule is C=CCNC(=O)CN1CCN(C(=O)CC2CCCN2)CC1.Cl.Cl. The van der Waals surface area contributed by atoms with Gasteiger partial charge in [-0.25, -0.2) is 0 Å². The van der Waals surface area contributed by atoms with Gasteiger partial charge >= 0.3 is 0 Å². The fraction of sp³-hybridized carbons (Fsp3) is 0.733. The van der Waals surface area contributed by atoms with Crippen molar-refractivity contribution in [1.29, 1.82) is 0 Å². The molecule has 2 amide bonds. The summed E-state index contributed by atoms with van der Waals surface area (Å²) in [5, 5.41) is 6.14. The van der Waals surface area contributed by atoms with Gasteiger partial charge in [0.15, 0.2) is 0 Å². The van der Waals surface area contributed by atoms with Gasteiger partial charge in [-0.3, -0.25) is 14.5 Å². The zero-order valence-electron chi connectivity index (χ0n) is 13.5. The quantitative estimate of drug-likeness (QED) is 0.668. The molecule has 0 aromatic carbocycles. The average molecular weight is 367 g/mol. The van der Waals surface area contributed by atoms with Crippen LogP contribution in [0.25, 0.3) is 0 Å². The fourth-order valence-corrected chi connectivity index (χ4v) is 2.87. The minimum absolute atomic E-state index is 0. The Balaban J connectivity index is 0.00000242. The van der Waals surface area contributed by atoms with Crippen LogP contribution in [-0.2, 0) is 9.59 Å². The number of halogens is 2. The summed E-state index contributed by atoms with van der Waals surface area (Å²) in [6.45, 7) is 8.50. The minimum atomic E-state index is 0. The highest BCUT2D eigenvalue weighted by Gasteiger charge is 2.25. The van der Waals surface area contributed by atoms with Gasteiger partial charge in [0, 0.05) is 45.2 Å². The maximum Gasteiger partial charge on any atom is 0.234 e. The van der Waals surface area contributed by atoms with Crippen molar-refractivity contribution in [2.75, 3.05) is 45.8 Å². The van der Waals surface area contributed by atoms with Gasteiger partial charge in [-0.15, -0.1) is 31.4 Å². The Bertz CT molecular complexity index is 382. The van der Waals surface area contributed by atoms with Gasteiger partial charge in [0.05, 0.1) is 6.54 Å². The van der Waals surface area contributed by atoms with Crippen LogP contribution in [0.3, 0.4) is 0 Å².